The molecule has 2 aromatic carbocycles. The molecule has 6 heteroatoms. The molecule has 0 saturated carbocycles. The van der Waals surface area contributed by atoms with Crippen molar-refractivity contribution in [2.24, 2.45) is 0 Å². The molecule has 1 aromatic heterocycles. The van der Waals surface area contributed by atoms with E-state index in [1.54, 1.807) is 29.2 Å². The lowest BCUT2D eigenvalue weighted by Crippen LogP contribution is -2.45. The van der Waals surface area contributed by atoms with E-state index in [2.05, 4.69) is 0 Å². The summed E-state index contributed by atoms with van der Waals surface area (Å²) in [5.74, 6) is -0.311. The van der Waals surface area contributed by atoms with Gasteiger partial charge >= 0.3 is 0 Å². The predicted octanol–water partition coefficient (Wildman–Crippen LogP) is 5.33. The Morgan fingerprint density at radius 3 is 2.29 bits per heavy atom. The van der Waals surface area contributed by atoms with Crippen LogP contribution in [0.4, 0.5) is 4.39 Å². The number of nitrogens with zero attached hydrogens (tertiary/aromatic N) is 1. The zero-order valence-corrected chi connectivity index (χ0v) is 16.6. The van der Waals surface area contributed by atoms with Crippen molar-refractivity contribution in [3.8, 4) is 10.4 Å². The van der Waals surface area contributed by atoms with Crippen molar-refractivity contribution in [3.05, 3.63) is 81.9 Å². The fourth-order valence-corrected chi connectivity index (χ4v) is 4.61. The number of carbonyl (C=O) groups excluding carboxylic acids is 1. The first-order valence-electron chi connectivity index (χ1n) is 9.08. The summed E-state index contributed by atoms with van der Waals surface area (Å²) in [7, 11) is 0. The fourth-order valence-electron chi connectivity index (χ4n) is 3.51. The molecule has 0 bridgehead atoms. The molecule has 4 rings (SSSR count). The van der Waals surface area contributed by atoms with Crippen molar-refractivity contribution in [1.82, 2.24) is 4.90 Å². The Balaban J connectivity index is 1.44. The number of likely N-dealkylation sites (tertiary alicyclic amines) is 1. The van der Waals surface area contributed by atoms with Gasteiger partial charge in [-0.1, -0.05) is 35.9 Å². The van der Waals surface area contributed by atoms with Crippen molar-refractivity contribution >= 4 is 28.8 Å². The minimum Gasteiger partial charge on any atom is -0.385 e. The van der Waals surface area contributed by atoms with Crippen LogP contribution in [-0.2, 0) is 5.60 Å². The van der Waals surface area contributed by atoms with Gasteiger partial charge in [0.25, 0.3) is 5.91 Å². The Bertz CT molecular complexity index is 977. The van der Waals surface area contributed by atoms with E-state index in [1.165, 1.54) is 23.5 Å². The Kier molecular flexibility index (Phi) is 5.23. The summed E-state index contributed by atoms with van der Waals surface area (Å²) in [5.41, 5.74) is 0.788. The molecule has 3 aromatic rings. The summed E-state index contributed by atoms with van der Waals surface area (Å²) in [5, 5.41) is 11.6. The van der Waals surface area contributed by atoms with Crippen LogP contribution in [0.5, 0.6) is 0 Å². The quantitative estimate of drug-likeness (QED) is 0.628. The van der Waals surface area contributed by atoms with E-state index >= 15 is 0 Å². The van der Waals surface area contributed by atoms with E-state index in [1.807, 2.05) is 24.3 Å². The van der Waals surface area contributed by atoms with Gasteiger partial charge in [-0.25, -0.2) is 4.39 Å². The van der Waals surface area contributed by atoms with Gasteiger partial charge < -0.3 is 10.0 Å². The molecule has 1 aliphatic heterocycles. The molecule has 0 spiro atoms. The first-order chi connectivity index (χ1) is 13.4. The summed E-state index contributed by atoms with van der Waals surface area (Å²) in [6.07, 6.45) is 0.965. The van der Waals surface area contributed by atoms with E-state index in [0.717, 1.165) is 16.0 Å². The van der Waals surface area contributed by atoms with E-state index in [-0.39, 0.29) is 11.7 Å². The molecule has 0 radical (unpaired) electrons. The van der Waals surface area contributed by atoms with Gasteiger partial charge in [0.1, 0.15) is 5.82 Å². The number of aliphatic hydroxyl groups is 1. The molecule has 28 heavy (non-hydrogen) atoms. The van der Waals surface area contributed by atoms with Crippen molar-refractivity contribution < 1.29 is 14.3 Å². The van der Waals surface area contributed by atoms with Crippen molar-refractivity contribution in [2.45, 2.75) is 18.4 Å². The predicted molar refractivity (Wildman–Crippen MR) is 110 cm³/mol. The molecule has 1 N–H and O–H groups in total. The lowest BCUT2D eigenvalue weighted by Gasteiger charge is -2.38. The number of benzene rings is 2. The number of amides is 1. The summed E-state index contributed by atoms with van der Waals surface area (Å²) < 4.78 is 13.1. The van der Waals surface area contributed by atoms with Gasteiger partial charge in [0.15, 0.2) is 0 Å². The maximum Gasteiger partial charge on any atom is 0.263 e. The first kappa shape index (κ1) is 19.1. The third kappa shape index (κ3) is 3.83. The summed E-state index contributed by atoms with van der Waals surface area (Å²) in [4.78, 5) is 16.2. The molecule has 1 amide bonds. The molecule has 144 valence electrons. The average molecular weight is 416 g/mol. The van der Waals surface area contributed by atoms with Crippen LogP contribution in [0, 0.1) is 5.82 Å². The number of carbonyl (C=O) groups is 1. The molecule has 0 aliphatic carbocycles. The van der Waals surface area contributed by atoms with Gasteiger partial charge in [-0.2, -0.15) is 0 Å². The number of rotatable bonds is 3. The standard InChI is InChI=1S/C22H19ClFNO2S/c23-17-5-3-16(4-6-17)22(27)11-13-25(14-12-22)21(26)20-10-9-19(28-20)15-1-7-18(24)8-2-15/h1-10,27H,11-14H2. The molecular formula is C22H19ClFNO2S. The maximum atomic E-state index is 13.1. The van der Waals surface area contributed by atoms with Crippen LogP contribution < -0.4 is 0 Å². The third-order valence-corrected chi connectivity index (χ3v) is 6.58. The molecule has 0 atom stereocenters. The normalized spacial score (nSPS) is 16.2. The topological polar surface area (TPSA) is 40.5 Å². The minimum atomic E-state index is -0.934. The van der Waals surface area contributed by atoms with E-state index in [9.17, 15) is 14.3 Å². The second-order valence-corrected chi connectivity index (χ2v) is 8.52. The number of piperidine rings is 1. The SMILES string of the molecule is O=C(c1ccc(-c2ccc(F)cc2)s1)N1CCC(O)(c2ccc(Cl)cc2)CC1. The van der Waals surface area contributed by atoms with Crippen LogP contribution >= 0.6 is 22.9 Å². The largest absolute Gasteiger partial charge is 0.385 e. The van der Waals surface area contributed by atoms with Crippen molar-refractivity contribution in [2.75, 3.05) is 13.1 Å². The van der Waals surface area contributed by atoms with Gasteiger partial charge in [-0.05, 0) is 60.4 Å². The number of halogens is 2. The van der Waals surface area contributed by atoms with Crippen LogP contribution in [0.1, 0.15) is 28.1 Å². The zero-order valence-electron chi connectivity index (χ0n) is 15.1. The van der Waals surface area contributed by atoms with E-state index in [0.29, 0.717) is 35.8 Å². The van der Waals surface area contributed by atoms with Crippen LogP contribution in [-0.4, -0.2) is 29.0 Å². The first-order valence-corrected chi connectivity index (χ1v) is 10.3. The Morgan fingerprint density at radius 1 is 1.00 bits per heavy atom. The summed E-state index contributed by atoms with van der Waals surface area (Å²) in [6, 6.07) is 17.2. The highest BCUT2D eigenvalue weighted by Gasteiger charge is 2.35. The van der Waals surface area contributed by atoms with Gasteiger partial charge in [-0.15, -0.1) is 11.3 Å². The number of hydrogen-bond donors (Lipinski definition) is 1. The van der Waals surface area contributed by atoms with E-state index in [4.69, 9.17) is 11.6 Å². The molecule has 1 saturated heterocycles. The van der Waals surface area contributed by atoms with Gasteiger partial charge in [0, 0.05) is 23.0 Å². The van der Waals surface area contributed by atoms with Crippen LogP contribution in [0.2, 0.25) is 5.02 Å². The summed E-state index contributed by atoms with van der Waals surface area (Å²) in [6.45, 7) is 0.976. The van der Waals surface area contributed by atoms with Gasteiger partial charge in [-0.3, -0.25) is 4.79 Å². The average Bonchev–Trinajstić information content (AvgIpc) is 3.19. The fraction of sp³-hybridized carbons (Fsp3) is 0.227. The third-order valence-electron chi connectivity index (χ3n) is 5.20. The Labute approximate surface area is 172 Å². The monoisotopic (exact) mass is 415 g/mol. The smallest absolute Gasteiger partial charge is 0.263 e. The molecule has 0 unspecified atom stereocenters. The second-order valence-electron chi connectivity index (χ2n) is 7.00. The molecular weight excluding hydrogens is 397 g/mol. The van der Waals surface area contributed by atoms with Crippen molar-refractivity contribution in [3.63, 3.8) is 0 Å². The summed E-state index contributed by atoms with van der Waals surface area (Å²) >= 11 is 7.33. The van der Waals surface area contributed by atoms with Crippen LogP contribution in [0.15, 0.2) is 60.7 Å². The molecule has 1 aliphatic rings. The van der Waals surface area contributed by atoms with Gasteiger partial charge in [0.2, 0.25) is 0 Å². The highest BCUT2D eigenvalue weighted by Crippen LogP contribution is 2.35. The zero-order chi connectivity index (χ0) is 19.7. The molecule has 3 nitrogen and oxygen atoms in total. The highest BCUT2D eigenvalue weighted by molar-refractivity contribution is 7.17. The lowest BCUT2D eigenvalue weighted by molar-refractivity contribution is -0.0210. The minimum absolute atomic E-state index is 0.0310. The Hall–Kier alpha value is -2.21. The lowest BCUT2D eigenvalue weighted by atomic mass is 9.84. The van der Waals surface area contributed by atoms with Crippen LogP contribution in [0.3, 0.4) is 0 Å². The molecule has 2 heterocycles. The Morgan fingerprint density at radius 2 is 1.64 bits per heavy atom. The maximum absolute atomic E-state index is 13.1. The number of hydrogen-bond acceptors (Lipinski definition) is 3. The van der Waals surface area contributed by atoms with E-state index < -0.39 is 5.60 Å². The number of thiophene rings is 1. The van der Waals surface area contributed by atoms with Crippen LogP contribution in [0.25, 0.3) is 10.4 Å². The highest BCUT2D eigenvalue weighted by atomic mass is 35.5. The van der Waals surface area contributed by atoms with Gasteiger partial charge in [0.05, 0.1) is 10.5 Å². The molecule has 1 fully saturated rings. The second kappa shape index (κ2) is 7.66. The van der Waals surface area contributed by atoms with Crippen molar-refractivity contribution in [1.29, 1.82) is 0 Å².